The van der Waals surface area contributed by atoms with E-state index in [0.29, 0.717) is 5.41 Å². The van der Waals surface area contributed by atoms with Gasteiger partial charge in [0.15, 0.2) is 0 Å². The number of anilines is 2. The van der Waals surface area contributed by atoms with Crippen LogP contribution in [0.1, 0.15) is 45.9 Å². The molecule has 0 aromatic carbocycles. The van der Waals surface area contributed by atoms with Crippen LogP contribution in [0.5, 0.6) is 0 Å². The van der Waals surface area contributed by atoms with Gasteiger partial charge in [-0.3, -0.25) is 0 Å². The minimum absolute atomic E-state index is 0.537. The molecule has 0 bridgehead atoms. The molecule has 4 nitrogen and oxygen atoms in total. The van der Waals surface area contributed by atoms with Crippen molar-refractivity contribution in [3.05, 3.63) is 11.9 Å². The number of aryl methyl sites for hydroxylation is 1. The van der Waals surface area contributed by atoms with Gasteiger partial charge < -0.3 is 10.6 Å². The van der Waals surface area contributed by atoms with Gasteiger partial charge in [-0.25, -0.2) is 9.97 Å². The predicted octanol–water partition coefficient (Wildman–Crippen LogP) is 3.07. The van der Waals surface area contributed by atoms with Gasteiger partial charge in [-0.05, 0) is 31.6 Å². The average molecular weight is 248 g/mol. The Labute approximate surface area is 110 Å². The molecular weight excluding hydrogens is 224 g/mol. The van der Waals surface area contributed by atoms with E-state index < -0.39 is 0 Å². The summed E-state index contributed by atoms with van der Waals surface area (Å²) in [5.74, 6) is 2.78. The van der Waals surface area contributed by atoms with Gasteiger partial charge in [0.2, 0.25) is 0 Å². The smallest absolute Gasteiger partial charge is 0.132 e. The molecule has 2 N–H and O–H groups in total. The van der Waals surface area contributed by atoms with E-state index in [0.717, 1.165) is 37.0 Å². The molecule has 18 heavy (non-hydrogen) atoms. The van der Waals surface area contributed by atoms with Crippen molar-refractivity contribution in [2.24, 2.45) is 5.41 Å². The second-order valence-corrected chi connectivity index (χ2v) is 5.15. The average Bonchev–Trinajstić information content (AvgIpc) is 3.17. The van der Waals surface area contributed by atoms with Gasteiger partial charge in [-0.1, -0.05) is 13.8 Å². The van der Waals surface area contributed by atoms with Crippen molar-refractivity contribution in [3.63, 3.8) is 0 Å². The molecule has 1 aliphatic rings. The first-order valence-electron chi connectivity index (χ1n) is 7.07. The Balaban J connectivity index is 2.04. The lowest BCUT2D eigenvalue weighted by atomic mass is 10.0. The number of hydrogen-bond donors (Lipinski definition) is 2. The highest BCUT2D eigenvalue weighted by Gasteiger charge is 2.40. The third-order valence-electron chi connectivity index (χ3n) is 3.80. The third kappa shape index (κ3) is 3.12. The highest BCUT2D eigenvalue weighted by molar-refractivity contribution is 5.47. The van der Waals surface area contributed by atoms with E-state index in [1.165, 1.54) is 19.3 Å². The number of hydrogen-bond acceptors (Lipinski definition) is 4. The van der Waals surface area contributed by atoms with Crippen LogP contribution in [0.25, 0.3) is 0 Å². The normalized spacial score (nSPS) is 16.4. The molecule has 0 saturated heterocycles. The first-order chi connectivity index (χ1) is 8.71. The summed E-state index contributed by atoms with van der Waals surface area (Å²) in [7, 11) is 0. The summed E-state index contributed by atoms with van der Waals surface area (Å²) in [6, 6.07) is 2.01. The quantitative estimate of drug-likeness (QED) is 0.778. The van der Waals surface area contributed by atoms with E-state index in [1.807, 2.05) is 6.07 Å². The summed E-state index contributed by atoms with van der Waals surface area (Å²) < 4.78 is 0. The minimum Gasteiger partial charge on any atom is -0.370 e. The molecule has 1 saturated carbocycles. The van der Waals surface area contributed by atoms with Gasteiger partial charge in [-0.2, -0.15) is 0 Å². The van der Waals surface area contributed by atoms with Gasteiger partial charge in [0, 0.05) is 25.6 Å². The van der Waals surface area contributed by atoms with Gasteiger partial charge in [0.25, 0.3) is 0 Å². The molecule has 100 valence electrons. The summed E-state index contributed by atoms with van der Waals surface area (Å²) >= 11 is 0. The van der Waals surface area contributed by atoms with Crippen LogP contribution in [0.4, 0.5) is 11.6 Å². The fraction of sp³-hybridized carbons (Fsp3) is 0.714. The SMILES string of the molecule is CCNc1cc(NCC2(CC)CC2)nc(CC)n1. The second kappa shape index (κ2) is 5.55. The standard InChI is InChI=1S/C14H24N4/c1-4-11-17-12(15-6-3)9-13(18-11)16-10-14(5-2)7-8-14/h9H,4-8,10H2,1-3H3,(H2,15,16,17,18). The molecule has 1 fully saturated rings. The maximum absolute atomic E-state index is 4.54. The fourth-order valence-electron chi connectivity index (χ4n) is 2.13. The van der Waals surface area contributed by atoms with E-state index in [-0.39, 0.29) is 0 Å². The molecule has 1 aromatic heterocycles. The monoisotopic (exact) mass is 248 g/mol. The summed E-state index contributed by atoms with van der Waals surface area (Å²) in [6.07, 6.45) is 4.82. The molecular formula is C14H24N4. The molecule has 0 atom stereocenters. The van der Waals surface area contributed by atoms with Gasteiger partial charge in [0.05, 0.1) is 0 Å². The molecule has 0 amide bonds. The fourth-order valence-corrected chi connectivity index (χ4v) is 2.13. The Morgan fingerprint density at radius 1 is 1.11 bits per heavy atom. The van der Waals surface area contributed by atoms with E-state index in [4.69, 9.17) is 0 Å². The van der Waals surface area contributed by atoms with Gasteiger partial charge in [0.1, 0.15) is 17.5 Å². The predicted molar refractivity (Wildman–Crippen MR) is 76.0 cm³/mol. The zero-order valence-corrected chi connectivity index (χ0v) is 11.7. The highest BCUT2D eigenvalue weighted by atomic mass is 15.1. The zero-order valence-electron chi connectivity index (χ0n) is 11.7. The molecule has 0 spiro atoms. The van der Waals surface area contributed by atoms with Crippen LogP contribution in [0.3, 0.4) is 0 Å². The van der Waals surface area contributed by atoms with Crippen LogP contribution < -0.4 is 10.6 Å². The van der Waals surface area contributed by atoms with Crippen LogP contribution in [0.2, 0.25) is 0 Å². The van der Waals surface area contributed by atoms with Crippen molar-refractivity contribution in [1.29, 1.82) is 0 Å². The number of aromatic nitrogens is 2. The van der Waals surface area contributed by atoms with E-state index in [9.17, 15) is 0 Å². The van der Waals surface area contributed by atoms with Crippen molar-refractivity contribution < 1.29 is 0 Å². The van der Waals surface area contributed by atoms with Crippen molar-refractivity contribution in [2.75, 3.05) is 23.7 Å². The maximum Gasteiger partial charge on any atom is 0.132 e. The molecule has 4 heteroatoms. The topological polar surface area (TPSA) is 49.8 Å². The van der Waals surface area contributed by atoms with E-state index in [2.05, 4.69) is 41.4 Å². The number of nitrogens with zero attached hydrogens (tertiary/aromatic N) is 2. The Bertz CT molecular complexity index is 399. The van der Waals surface area contributed by atoms with Crippen LogP contribution in [0, 0.1) is 5.41 Å². The first-order valence-corrected chi connectivity index (χ1v) is 7.07. The van der Waals surface area contributed by atoms with Gasteiger partial charge in [-0.15, -0.1) is 0 Å². The molecule has 1 heterocycles. The molecule has 1 aliphatic carbocycles. The largest absolute Gasteiger partial charge is 0.370 e. The van der Waals surface area contributed by atoms with Crippen molar-refractivity contribution in [2.45, 2.75) is 46.5 Å². The first kappa shape index (κ1) is 13.1. The Kier molecular flexibility index (Phi) is 4.04. The Morgan fingerprint density at radius 3 is 2.28 bits per heavy atom. The van der Waals surface area contributed by atoms with Crippen molar-refractivity contribution in [1.82, 2.24) is 9.97 Å². The number of rotatable bonds is 7. The molecule has 1 aromatic rings. The van der Waals surface area contributed by atoms with Crippen LogP contribution >= 0.6 is 0 Å². The summed E-state index contributed by atoms with van der Waals surface area (Å²) in [5, 5.41) is 6.74. The summed E-state index contributed by atoms with van der Waals surface area (Å²) in [6.45, 7) is 8.37. The number of nitrogens with one attached hydrogen (secondary N) is 2. The van der Waals surface area contributed by atoms with Crippen molar-refractivity contribution >= 4 is 11.6 Å². The van der Waals surface area contributed by atoms with Crippen molar-refractivity contribution in [3.8, 4) is 0 Å². The lowest BCUT2D eigenvalue weighted by molar-refractivity contribution is 0.520. The van der Waals surface area contributed by atoms with Crippen LogP contribution in [-0.4, -0.2) is 23.1 Å². The highest BCUT2D eigenvalue weighted by Crippen LogP contribution is 2.48. The van der Waals surface area contributed by atoms with Gasteiger partial charge >= 0.3 is 0 Å². The second-order valence-electron chi connectivity index (χ2n) is 5.15. The van der Waals surface area contributed by atoms with E-state index in [1.54, 1.807) is 0 Å². The maximum atomic E-state index is 4.54. The third-order valence-corrected chi connectivity index (χ3v) is 3.80. The van der Waals surface area contributed by atoms with Crippen LogP contribution in [0.15, 0.2) is 6.07 Å². The summed E-state index contributed by atoms with van der Waals surface area (Å²) in [5.41, 5.74) is 0.537. The summed E-state index contributed by atoms with van der Waals surface area (Å²) in [4.78, 5) is 9.00. The van der Waals surface area contributed by atoms with E-state index >= 15 is 0 Å². The lowest BCUT2D eigenvalue weighted by Crippen LogP contribution is -2.16. The van der Waals surface area contributed by atoms with Crippen LogP contribution in [-0.2, 0) is 6.42 Å². The zero-order chi connectivity index (χ0) is 13.0. The molecule has 0 aliphatic heterocycles. The molecule has 0 radical (unpaired) electrons. The lowest BCUT2D eigenvalue weighted by Gasteiger charge is -2.15. The Hall–Kier alpha value is -1.32. The minimum atomic E-state index is 0.537. The molecule has 0 unspecified atom stereocenters. The Morgan fingerprint density at radius 2 is 1.78 bits per heavy atom. The molecule has 2 rings (SSSR count).